The van der Waals surface area contributed by atoms with Crippen LogP contribution in [0, 0.1) is 6.92 Å². The average molecular weight is 269 g/mol. The molecule has 1 aromatic heterocycles. The molecule has 1 N–H and O–H groups in total. The molecule has 0 atom stereocenters. The first-order valence-corrected chi connectivity index (χ1v) is 6.96. The molecular formula is C13H21ClN4. The van der Waals surface area contributed by atoms with Crippen LogP contribution in [0.1, 0.15) is 37.1 Å². The van der Waals surface area contributed by atoms with Gasteiger partial charge in [-0.2, -0.15) is 0 Å². The lowest BCUT2D eigenvalue weighted by atomic mass is 10.3. The zero-order chi connectivity index (χ0) is 13.1. The van der Waals surface area contributed by atoms with Gasteiger partial charge in [0.2, 0.25) is 0 Å². The number of nitrogens with one attached hydrogen (secondary N) is 1. The Morgan fingerprint density at radius 2 is 2.11 bits per heavy atom. The van der Waals surface area contributed by atoms with Gasteiger partial charge in [0.25, 0.3) is 0 Å². The van der Waals surface area contributed by atoms with Gasteiger partial charge in [-0.05, 0) is 33.4 Å². The molecule has 1 aromatic rings. The predicted molar refractivity (Wildman–Crippen MR) is 75.4 cm³/mol. The summed E-state index contributed by atoms with van der Waals surface area (Å²) in [5.41, 5.74) is 0.945. The molecule has 0 spiro atoms. The van der Waals surface area contributed by atoms with Crippen LogP contribution >= 0.6 is 11.6 Å². The molecule has 1 aliphatic rings. The van der Waals surface area contributed by atoms with Crippen LogP contribution in [-0.4, -0.2) is 41.5 Å². The summed E-state index contributed by atoms with van der Waals surface area (Å²) in [5, 5.41) is 3.95. The minimum Gasteiger partial charge on any atom is -0.368 e. The molecule has 5 heteroatoms. The first-order chi connectivity index (χ1) is 8.61. The second-order valence-electron chi connectivity index (χ2n) is 4.94. The van der Waals surface area contributed by atoms with Crippen molar-refractivity contribution in [3.63, 3.8) is 0 Å². The van der Waals surface area contributed by atoms with Gasteiger partial charge >= 0.3 is 0 Å². The van der Waals surface area contributed by atoms with Crippen molar-refractivity contribution in [1.29, 1.82) is 0 Å². The first-order valence-electron chi connectivity index (χ1n) is 6.58. The molecule has 1 aliphatic carbocycles. The standard InChI is InChI=1S/C13H21ClN4/c1-4-18(3)8-7-15-12-9(2)11(14)16-13(17-12)10-5-6-10/h10H,4-8H2,1-3H3,(H,15,16,17). The summed E-state index contributed by atoms with van der Waals surface area (Å²) in [5.74, 6) is 2.32. The Morgan fingerprint density at radius 3 is 2.72 bits per heavy atom. The normalized spacial score (nSPS) is 15.2. The van der Waals surface area contributed by atoms with Crippen LogP contribution in [0.2, 0.25) is 5.15 Å². The molecule has 1 fully saturated rings. The highest BCUT2D eigenvalue weighted by atomic mass is 35.5. The van der Waals surface area contributed by atoms with Crippen molar-refractivity contribution in [2.45, 2.75) is 32.6 Å². The Bertz CT molecular complexity index is 418. The maximum absolute atomic E-state index is 6.16. The van der Waals surface area contributed by atoms with Crippen molar-refractivity contribution >= 4 is 17.4 Å². The van der Waals surface area contributed by atoms with E-state index in [-0.39, 0.29) is 0 Å². The molecule has 0 aromatic carbocycles. The van der Waals surface area contributed by atoms with Gasteiger partial charge in [0, 0.05) is 24.6 Å². The highest BCUT2D eigenvalue weighted by molar-refractivity contribution is 6.30. The molecule has 1 saturated carbocycles. The van der Waals surface area contributed by atoms with Gasteiger partial charge in [0.15, 0.2) is 0 Å². The molecule has 1 heterocycles. The largest absolute Gasteiger partial charge is 0.368 e. The Morgan fingerprint density at radius 1 is 1.39 bits per heavy atom. The van der Waals surface area contributed by atoms with Crippen molar-refractivity contribution in [2.75, 3.05) is 32.0 Å². The van der Waals surface area contributed by atoms with E-state index in [4.69, 9.17) is 11.6 Å². The lowest BCUT2D eigenvalue weighted by Gasteiger charge is -2.16. The fraction of sp³-hybridized carbons (Fsp3) is 0.692. The topological polar surface area (TPSA) is 41.0 Å². The maximum Gasteiger partial charge on any atom is 0.137 e. The number of likely N-dealkylation sites (N-methyl/N-ethyl adjacent to an activating group) is 1. The molecule has 0 unspecified atom stereocenters. The van der Waals surface area contributed by atoms with Crippen LogP contribution in [0.3, 0.4) is 0 Å². The highest BCUT2D eigenvalue weighted by Crippen LogP contribution is 2.39. The van der Waals surface area contributed by atoms with Crippen molar-refractivity contribution in [1.82, 2.24) is 14.9 Å². The highest BCUT2D eigenvalue weighted by Gasteiger charge is 2.27. The van der Waals surface area contributed by atoms with Gasteiger partial charge in [-0.1, -0.05) is 18.5 Å². The van der Waals surface area contributed by atoms with Gasteiger partial charge in [-0.25, -0.2) is 9.97 Å². The van der Waals surface area contributed by atoms with E-state index in [1.54, 1.807) is 0 Å². The van der Waals surface area contributed by atoms with Crippen LogP contribution < -0.4 is 5.32 Å². The Kier molecular flexibility index (Phi) is 4.40. The molecule has 0 radical (unpaired) electrons. The molecule has 0 bridgehead atoms. The van der Waals surface area contributed by atoms with Crippen LogP contribution in [0.4, 0.5) is 5.82 Å². The molecule has 2 rings (SSSR count). The number of rotatable bonds is 6. The average Bonchev–Trinajstić information content (AvgIpc) is 3.18. The van der Waals surface area contributed by atoms with E-state index in [2.05, 4.69) is 34.2 Å². The number of hydrogen-bond donors (Lipinski definition) is 1. The zero-order valence-corrected chi connectivity index (χ0v) is 12.1. The van der Waals surface area contributed by atoms with Crippen molar-refractivity contribution in [3.05, 3.63) is 16.5 Å². The third-order valence-corrected chi connectivity index (χ3v) is 3.74. The summed E-state index contributed by atoms with van der Waals surface area (Å²) in [4.78, 5) is 11.2. The molecule has 18 heavy (non-hydrogen) atoms. The summed E-state index contributed by atoms with van der Waals surface area (Å²) in [6, 6.07) is 0. The monoisotopic (exact) mass is 268 g/mol. The van der Waals surface area contributed by atoms with E-state index in [0.29, 0.717) is 11.1 Å². The minimum absolute atomic E-state index is 0.530. The van der Waals surface area contributed by atoms with Gasteiger partial charge in [0.05, 0.1) is 0 Å². The minimum atomic E-state index is 0.530. The number of nitrogens with zero attached hydrogens (tertiary/aromatic N) is 3. The molecule has 0 amide bonds. The Hall–Kier alpha value is -0.870. The van der Waals surface area contributed by atoms with E-state index in [0.717, 1.165) is 36.8 Å². The predicted octanol–water partition coefficient (Wildman–Crippen LogP) is 2.68. The quantitative estimate of drug-likeness (QED) is 0.806. The summed E-state index contributed by atoms with van der Waals surface area (Å²) < 4.78 is 0. The summed E-state index contributed by atoms with van der Waals surface area (Å²) in [6.45, 7) is 7.04. The lowest BCUT2D eigenvalue weighted by Crippen LogP contribution is -2.25. The van der Waals surface area contributed by atoms with Crippen LogP contribution in [0.5, 0.6) is 0 Å². The molecular weight excluding hydrogens is 248 g/mol. The van der Waals surface area contributed by atoms with E-state index in [9.17, 15) is 0 Å². The summed E-state index contributed by atoms with van der Waals surface area (Å²) >= 11 is 6.16. The SMILES string of the molecule is CCN(C)CCNc1nc(C2CC2)nc(Cl)c1C. The van der Waals surface area contributed by atoms with Crippen molar-refractivity contribution in [2.24, 2.45) is 0 Å². The Balaban J connectivity index is 2.02. The van der Waals surface area contributed by atoms with Gasteiger partial charge in [-0.15, -0.1) is 0 Å². The fourth-order valence-corrected chi connectivity index (χ4v) is 1.90. The third kappa shape index (κ3) is 3.33. The van der Waals surface area contributed by atoms with Gasteiger partial charge in [-0.3, -0.25) is 0 Å². The van der Waals surface area contributed by atoms with Gasteiger partial charge < -0.3 is 10.2 Å². The second kappa shape index (κ2) is 5.85. The number of anilines is 1. The van der Waals surface area contributed by atoms with Crippen LogP contribution in [0.15, 0.2) is 0 Å². The van der Waals surface area contributed by atoms with Crippen LogP contribution in [0.25, 0.3) is 0 Å². The second-order valence-corrected chi connectivity index (χ2v) is 5.30. The Labute approximate surface area is 114 Å². The van der Waals surface area contributed by atoms with Gasteiger partial charge in [0.1, 0.15) is 16.8 Å². The number of aromatic nitrogens is 2. The molecule has 0 aliphatic heterocycles. The van der Waals surface area contributed by atoms with E-state index in [1.807, 2.05) is 6.92 Å². The third-order valence-electron chi connectivity index (χ3n) is 3.37. The van der Waals surface area contributed by atoms with E-state index in [1.165, 1.54) is 12.8 Å². The number of hydrogen-bond acceptors (Lipinski definition) is 4. The maximum atomic E-state index is 6.16. The molecule has 100 valence electrons. The van der Waals surface area contributed by atoms with Crippen molar-refractivity contribution < 1.29 is 0 Å². The lowest BCUT2D eigenvalue weighted by molar-refractivity contribution is 0.367. The zero-order valence-electron chi connectivity index (χ0n) is 11.3. The fourth-order valence-electron chi connectivity index (χ4n) is 1.73. The van der Waals surface area contributed by atoms with E-state index >= 15 is 0 Å². The van der Waals surface area contributed by atoms with Crippen molar-refractivity contribution in [3.8, 4) is 0 Å². The molecule has 0 saturated heterocycles. The summed E-state index contributed by atoms with van der Waals surface area (Å²) in [6.07, 6.45) is 2.38. The smallest absolute Gasteiger partial charge is 0.137 e. The van der Waals surface area contributed by atoms with Crippen LogP contribution in [-0.2, 0) is 0 Å². The number of halogens is 1. The summed E-state index contributed by atoms with van der Waals surface area (Å²) in [7, 11) is 2.11. The van der Waals surface area contributed by atoms with E-state index < -0.39 is 0 Å². The first kappa shape index (κ1) is 13.6. The molecule has 4 nitrogen and oxygen atoms in total.